The number of rotatable bonds is 13. The molecule has 4 amide bonds. The van der Waals surface area contributed by atoms with E-state index in [1.807, 2.05) is 30.5 Å². The second kappa shape index (κ2) is 19.1. The Morgan fingerprint density at radius 3 is 2.60 bits per heavy atom. The summed E-state index contributed by atoms with van der Waals surface area (Å²) in [6.07, 6.45) is 3.95. The average Bonchev–Trinajstić information content (AvgIpc) is 3.46. The van der Waals surface area contributed by atoms with Crippen LogP contribution in [-0.4, -0.2) is 89.2 Å². The van der Waals surface area contributed by atoms with Crippen LogP contribution in [0, 0.1) is 5.92 Å². The van der Waals surface area contributed by atoms with Gasteiger partial charge in [0.05, 0.1) is 28.5 Å². The molecule has 0 unspecified atom stereocenters. The summed E-state index contributed by atoms with van der Waals surface area (Å²) in [5.41, 5.74) is 6.39. The molecule has 3 rings (SSSR count). The summed E-state index contributed by atoms with van der Waals surface area (Å²) < 4.78 is 0.869. The van der Waals surface area contributed by atoms with Crippen molar-refractivity contribution in [2.75, 3.05) is 25.1 Å². The molecule has 1 saturated heterocycles. The fraction of sp³-hybridized carbons (Fsp3) is 0.562. The zero-order valence-corrected chi connectivity index (χ0v) is 28.8. The number of Topliss-reactive ketones (excluding diaryl/α,β-unsaturated/α-hetero) is 2. The Bertz CT molecular complexity index is 1430. The number of amides is 4. The lowest BCUT2D eigenvalue weighted by Crippen LogP contribution is -2.56. The quantitative estimate of drug-likeness (QED) is 0.0905. The van der Waals surface area contributed by atoms with Crippen molar-refractivity contribution in [3.05, 3.63) is 29.3 Å². The van der Waals surface area contributed by atoms with Gasteiger partial charge < -0.3 is 27.0 Å². The number of carbonyl (C=O) groups is 6. The van der Waals surface area contributed by atoms with Crippen molar-refractivity contribution in [2.45, 2.75) is 83.3 Å². The Kier molecular flexibility index (Phi) is 15.3. The Morgan fingerprint density at radius 1 is 1.13 bits per heavy atom. The van der Waals surface area contributed by atoms with Crippen LogP contribution in [-0.2, 0) is 24.0 Å². The van der Waals surface area contributed by atoms with Crippen molar-refractivity contribution in [2.24, 2.45) is 16.6 Å². The molecule has 1 aliphatic rings. The van der Waals surface area contributed by atoms with E-state index in [0.29, 0.717) is 54.3 Å². The lowest BCUT2D eigenvalue weighted by molar-refractivity contribution is -0.134. The van der Waals surface area contributed by atoms with Gasteiger partial charge in [-0.25, -0.2) is 4.98 Å². The SMILES string of the molecule is CSCC[C@@H]1NC(=O)[C@@H](NC(C)=O)CC(=O)NCCCC[C@@H](C(=O)C[C@@H](CCCN=C(C)N)C(=O)c2nc3ccccc3s2)NC1=O. The summed E-state index contributed by atoms with van der Waals surface area (Å²) in [6, 6.07) is 4.35. The van der Waals surface area contributed by atoms with Gasteiger partial charge in [0.1, 0.15) is 12.1 Å². The highest BCUT2D eigenvalue weighted by Crippen LogP contribution is 2.27. The summed E-state index contributed by atoms with van der Waals surface area (Å²) in [5.74, 6) is -2.40. The fourth-order valence-electron chi connectivity index (χ4n) is 5.23. The van der Waals surface area contributed by atoms with Gasteiger partial charge in [0.15, 0.2) is 16.6 Å². The smallest absolute Gasteiger partial charge is 0.243 e. The van der Waals surface area contributed by atoms with Gasteiger partial charge in [0.2, 0.25) is 23.6 Å². The maximum atomic E-state index is 13.9. The van der Waals surface area contributed by atoms with Crippen LogP contribution in [0.5, 0.6) is 0 Å². The maximum Gasteiger partial charge on any atom is 0.243 e. The summed E-state index contributed by atoms with van der Waals surface area (Å²) in [6.45, 7) is 3.62. The van der Waals surface area contributed by atoms with E-state index in [0.717, 1.165) is 4.70 Å². The zero-order chi connectivity index (χ0) is 34.3. The van der Waals surface area contributed by atoms with Crippen LogP contribution in [0.4, 0.5) is 0 Å². The molecule has 0 bridgehead atoms. The van der Waals surface area contributed by atoms with Crippen molar-refractivity contribution < 1.29 is 28.8 Å². The van der Waals surface area contributed by atoms with E-state index >= 15 is 0 Å². The van der Waals surface area contributed by atoms with Crippen LogP contribution in [0.2, 0.25) is 0 Å². The second-order valence-electron chi connectivity index (χ2n) is 11.6. The predicted octanol–water partition coefficient (Wildman–Crippen LogP) is 2.13. The number of thioether (sulfide) groups is 1. The molecule has 2 heterocycles. The van der Waals surface area contributed by atoms with Crippen LogP contribution < -0.4 is 27.0 Å². The Hall–Kier alpha value is -3.85. The second-order valence-corrected chi connectivity index (χ2v) is 13.6. The molecule has 1 aliphatic heterocycles. The van der Waals surface area contributed by atoms with Gasteiger partial charge in [-0.1, -0.05) is 12.1 Å². The molecule has 6 N–H and O–H groups in total. The highest BCUT2D eigenvalue weighted by atomic mass is 32.2. The molecule has 15 heteroatoms. The number of benzene rings is 1. The van der Waals surface area contributed by atoms with Gasteiger partial charge in [0, 0.05) is 32.4 Å². The van der Waals surface area contributed by atoms with Gasteiger partial charge in [-0.05, 0) is 69.6 Å². The Morgan fingerprint density at radius 2 is 1.89 bits per heavy atom. The van der Waals surface area contributed by atoms with E-state index < -0.39 is 47.7 Å². The minimum absolute atomic E-state index is 0.117. The molecule has 13 nitrogen and oxygen atoms in total. The number of aliphatic imine (C=N–C) groups is 1. The van der Waals surface area contributed by atoms with Crippen LogP contribution in [0.1, 0.15) is 75.0 Å². The molecule has 0 radical (unpaired) electrons. The molecule has 47 heavy (non-hydrogen) atoms. The molecular formula is C32H45N7O6S2. The zero-order valence-electron chi connectivity index (χ0n) is 27.1. The number of nitrogens with two attached hydrogens (primary N) is 1. The minimum Gasteiger partial charge on any atom is -0.388 e. The van der Waals surface area contributed by atoms with E-state index in [2.05, 4.69) is 31.2 Å². The summed E-state index contributed by atoms with van der Waals surface area (Å²) in [7, 11) is 0. The number of aromatic nitrogens is 1. The number of ketones is 2. The van der Waals surface area contributed by atoms with Crippen molar-refractivity contribution in [3.63, 3.8) is 0 Å². The molecule has 0 spiro atoms. The molecular weight excluding hydrogens is 643 g/mol. The van der Waals surface area contributed by atoms with Gasteiger partial charge in [-0.15, -0.1) is 11.3 Å². The van der Waals surface area contributed by atoms with E-state index in [1.165, 1.54) is 30.0 Å². The summed E-state index contributed by atoms with van der Waals surface area (Å²) >= 11 is 2.76. The number of nitrogens with zero attached hydrogens (tertiary/aromatic N) is 2. The van der Waals surface area contributed by atoms with Crippen molar-refractivity contribution in [1.29, 1.82) is 0 Å². The number of thiazole rings is 1. The first-order valence-corrected chi connectivity index (χ1v) is 18.0. The third-order valence-corrected chi connectivity index (χ3v) is 9.36. The number of para-hydroxylation sites is 1. The van der Waals surface area contributed by atoms with Gasteiger partial charge in [-0.2, -0.15) is 11.8 Å². The number of nitrogens with one attached hydrogen (secondary N) is 4. The molecule has 0 aliphatic carbocycles. The molecule has 2 aromatic rings. The standard InChI is InChI=1S/C32H45N7O6S2/c1-19(33)34-15-8-9-21(29(43)32-39-23-11-4-5-12-27(23)47-32)17-26(41)22-10-6-7-14-35-28(42)18-25(36-20(2)40)31(45)38-24(13-16-46-3)30(44)37-22/h4-5,11-12,21-22,24-25H,6-10,13-18H2,1-3H3,(H2,33,34)(H,35,42)(H,36,40)(H,37,44)(H,38,45)/t21-,22+,24+,25+/m1/s1. The van der Waals surface area contributed by atoms with Crippen LogP contribution in [0.25, 0.3) is 10.2 Å². The monoisotopic (exact) mass is 687 g/mol. The Balaban J connectivity index is 1.85. The minimum atomic E-state index is -1.17. The van der Waals surface area contributed by atoms with Crippen LogP contribution >= 0.6 is 23.1 Å². The average molecular weight is 688 g/mol. The highest BCUT2D eigenvalue weighted by molar-refractivity contribution is 7.98. The summed E-state index contributed by atoms with van der Waals surface area (Å²) in [5, 5.41) is 11.1. The number of amidine groups is 1. The first kappa shape index (κ1) is 37.6. The number of carbonyl (C=O) groups excluding carboxylic acids is 6. The third-order valence-electron chi connectivity index (χ3n) is 7.67. The molecule has 0 saturated carbocycles. The first-order valence-electron chi connectivity index (χ1n) is 15.8. The van der Waals surface area contributed by atoms with E-state index in [-0.39, 0.29) is 43.8 Å². The number of hydrogen-bond acceptors (Lipinski definition) is 10. The molecule has 1 fully saturated rings. The van der Waals surface area contributed by atoms with Gasteiger partial charge >= 0.3 is 0 Å². The topological polar surface area (TPSA) is 202 Å². The van der Waals surface area contributed by atoms with E-state index in [9.17, 15) is 28.8 Å². The number of hydrogen-bond donors (Lipinski definition) is 5. The van der Waals surface area contributed by atoms with Crippen LogP contribution in [0.3, 0.4) is 0 Å². The van der Waals surface area contributed by atoms with Gasteiger partial charge in [0.25, 0.3) is 0 Å². The van der Waals surface area contributed by atoms with Crippen molar-refractivity contribution in [3.8, 4) is 0 Å². The molecule has 1 aromatic carbocycles. The van der Waals surface area contributed by atoms with E-state index in [1.54, 1.807) is 6.92 Å². The van der Waals surface area contributed by atoms with E-state index in [4.69, 9.17) is 5.73 Å². The van der Waals surface area contributed by atoms with Crippen molar-refractivity contribution in [1.82, 2.24) is 26.3 Å². The van der Waals surface area contributed by atoms with Crippen LogP contribution in [0.15, 0.2) is 29.3 Å². The lowest BCUT2D eigenvalue weighted by atomic mass is 9.89. The Labute approximate surface area is 283 Å². The third kappa shape index (κ3) is 12.4. The number of fused-ring (bicyclic) bond motifs is 1. The first-order chi connectivity index (χ1) is 22.5. The van der Waals surface area contributed by atoms with Crippen molar-refractivity contribution >= 4 is 74.3 Å². The predicted molar refractivity (Wildman–Crippen MR) is 184 cm³/mol. The summed E-state index contributed by atoms with van der Waals surface area (Å²) in [4.78, 5) is 87.5. The highest BCUT2D eigenvalue weighted by Gasteiger charge is 2.33. The fourth-order valence-corrected chi connectivity index (χ4v) is 6.69. The van der Waals surface area contributed by atoms with Gasteiger partial charge in [-0.3, -0.25) is 33.8 Å². The maximum absolute atomic E-state index is 13.9. The largest absolute Gasteiger partial charge is 0.388 e. The lowest BCUT2D eigenvalue weighted by Gasteiger charge is -2.26. The molecule has 1 aromatic heterocycles. The molecule has 4 atom stereocenters. The molecule has 256 valence electrons. The normalized spacial score (nSPS) is 20.8.